The highest BCUT2D eigenvalue weighted by atomic mass is 16.2. The molecule has 8 heteroatoms. The third-order valence-corrected chi connectivity index (χ3v) is 6.70. The molecule has 1 saturated heterocycles. The van der Waals surface area contributed by atoms with Gasteiger partial charge in [0.15, 0.2) is 0 Å². The molecule has 2 aromatic carbocycles. The molecule has 1 aromatic heterocycles. The Morgan fingerprint density at radius 2 is 1.69 bits per heavy atom. The predicted molar refractivity (Wildman–Crippen MR) is 138 cm³/mol. The van der Waals surface area contributed by atoms with Gasteiger partial charge >= 0.3 is 0 Å². The summed E-state index contributed by atoms with van der Waals surface area (Å²) in [5.74, 6) is -0.532. The minimum atomic E-state index is -0.509. The van der Waals surface area contributed by atoms with Crippen molar-refractivity contribution in [2.24, 2.45) is 0 Å². The zero-order chi connectivity index (χ0) is 25.1. The van der Waals surface area contributed by atoms with E-state index in [4.69, 9.17) is 0 Å². The number of rotatable bonds is 3. The minimum absolute atomic E-state index is 0.0814. The standard InChI is InChI=1S/C28H29N5O3/c1-19-3-5-20(6-4-19)25-18-26(34)31-23-17-22(27(35)32-15-2-11-29-14-16-32)7-8-24(23)33(25)28(36)21-9-12-30-13-10-21/h3-10,12-13,17,25,29H,2,11,14-16,18H2,1H3,(H,31,34). The van der Waals surface area contributed by atoms with Crippen molar-refractivity contribution in [2.75, 3.05) is 36.4 Å². The molecule has 0 aliphatic carbocycles. The molecule has 1 unspecified atom stereocenters. The monoisotopic (exact) mass is 483 g/mol. The summed E-state index contributed by atoms with van der Waals surface area (Å²) in [5, 5.41) is 6.26. The second-order valence-corrected chi connectivity index (χ2v) is 9.22. The number of benzene rings is 2. The van der Waals surface area contributed by atoms with E-state index in [1.807, 2.05) is 36.1 Å². The van der Waals surface area contributed by atoms with Crippen LogP contribution >= 0.6 is 0 Å². The Balaban J connectivity index is 1.58. The number of carbonyl (C=O) groups is 3. The van der Waals surface area contributed by atoms with Crippen LogP contribution in [0, 0.1) is 6.92 Å². The summed E-state index contributed by atoms with van der Waals surface area (Å²) in [7, 11) is 0. The lowest BCUT2D eigenvalue weighted by Crippen LogP contribution is -2.35. The van der Waals surface area contributed by atoms with Crippen molar-refractivity contribution in [1.29, 1.82) is 0 Å². The molecule has 0 saturated carbocycles. The number of aromatic nitrogens is 1. The van der Waals surface area contributed by atoms with Gasteiger partial charge in [0, 0.05) is 43.2 Å². The van der Waals surface area contributed by atoms with Crippen molar-refractivity contribution in [2.45, 2.75) is 25.8 Å². The molecule has 36 heavy (non-hydrogen) atoms. The van der Waals surface area contributed by atoms with Crippen LogP contribution in [0.2, 0.25) is 0 Å². The van der Waals surface area contributed by atoms with Crippen molar-refractivity contribution in [3.05, 3.63) is 89.2 Å². The largest absolute Gasteiger partial charge is 0.337 e. The molecule has 2 aliphatic heterocycles. The van der Waals surface area contributed by atoms with Crippen molar-refractivity contribution in [1.82, 2.24) is 15.2 Å². The summed E-state index contributed by atoms with van der Waals surface area (Å²) in [5.41, 5.74) is 3.93. The van der Waals surface area contributed by atoms with Gasteiger partial charge in [0.2, 0.25) is 5.91 Å². The molecule has 184 valence electrons. The molecular weight excluding hydrogens is 454 g/mol. The lowest BCUT2D eigenvalue weighted by Gasteiger charge is -2.31. The van der Waals surface area contributed by atoms with Crippen LogP contribution in [-0.2, 0) is 4.79 Å². The van der Waals surface area contributed by atoms with Gasteiger partial charge in [-0.05, 0) is 55.8 Å². The second kappa shape index (κ2) is 10.3. The highest BCUT2D eigenvalue weighted by molar-refractivity contribution is 6.12. The maximum atomic E-state index is 13.9. The van der Waals surface area contributed by atoms with Crippen LogP contribution in [0.1, 0.15) is 50.7 Å². The van der Waals surface area contributed by atoms with E-state index in [1.54, 1.807) is 47.6 Å². The molecule has 0 spiro atoms. The summed E-state index contributed by atoms with van der Waals surface area (Å²) < 4.78 is 0. The van der Waals surface area contributed by atoms with Gasteiger partial charge in [0.05, 0.1) is 23.8 Å². The van der Waals surface area contributed by atoms with Gasteiger partial charge < -0.3 is 15.5 Å². The molecular formula is C28H29N5O3. The van der Waals surface area contributed by atoms with Crippen molar-refractivity contribution >= 4 is 29.1 Å². The first-order chi connectivity index (χ1) is 17.5. The lowest BCUT2D eigenvalue weighted by molar-refractivity contribution is -0.116. The van der Waals surface area contributed by atoms with Gasteiger partial charge in [-0.3, -0.25) is 24.3 Å². The van der Waals surface area contributed by atoms with E-state index in [0.29, 0.717) is 35.6 Å². The van der Waals surface area contributed by atoms with E-state index in [1.165, 1.54) is 0 Å². The third kappa shape index (κ3) is 4.85. The van der Waals surface area contributed by atoms with E-state index in [2.05, 4.69) is 15.6 Å². The number of carbonyl (C=O) groups excluding carboxylic acids is 3. The Labute approximate surface area is 210 Å². The Bertz CT molecular complexity index is 1270. The normalized spacial score (nSPS) is 18.0. The molecule has 0 bridgehead atoms. The number of amides is 3. The van der Waals surface area contributed by atoms with Crippen LogP contribution in [0.3, 0.4) is 0 Å². The molecule has 2 aliphatic rings. The SMILES string of the molecule is Cc1ccc(C2CC(=O)Nc3cc(C(=O)N4CCCNCC4)ccc3N2C(=O)c2ccncc2)cc1. The molecule has 8 nitrogen and oxygen atoms in total. The quantitative estimate of drug-likeness (QED) is 0.594. The van der Waals surface area contributed by atoms with Crippen LogP contribution in [-0.4, -0.2) is 53.8 Å². The molecule has 5 rings (SSSR count). The highest BCUT2D eigenvalue weighted by Gasteiger charge is 2.34. The van der Waals surface area contributed by atoms with Gasteiger partial charge in [-0.2, -0.15) is 0 Å². The number of hydrogen-bond donors (Lipinski definition) is 2. The predicted octanol–water partition coefficient (Wildman–Crippen LogP) is 3.56. The minimum Gasteiger partial charge on any atom is -0.337 e. The van der Waals surface area contributed by atoms with Crippen molar-refractivity contribution < 1.29 is 14.4 Å². The number of fused-ring (bicyclic) bond motifs is 1. The van der Waals surface area contributed by atoms with Crippen LogP contribution in [0.4, 0.5) is 11.4 Å². The number of nitrogens with zero attached hydrogens (tertiary/aromatic N) is 3. The number of anilines is 2. The molecule has 1 fully saturated rings. The topological polar surface area (TPSA) is 94.6 Å². The van der Waals surface area contributed by atoms with E-state index in [0.717, 1.165) is 30.6 Å². The average Bonchev–Trinajstić information content (AvgIpc) is 3.26. The summed E-state index contributed by atoms with van der Waals surface area (Å²) in [6.07, 6.45) is 4.14. The molecule has 1 atom stereocenters. The molecule has 3 aromatic rings. The number of hydrogen-bond acceptors (Lipinski definition) is 5. The fourth-order valence-electron chi connectivity index (χ4n) is 4.79. The van der Waals surface area contributed by atoms with Crippen LogP contribution in [0.5, 0.6) is 0 Å². The Morgan fingerprint density at radius 1 is 0.917 bits per heavy atom. The maximum Gasteiger partial charge on any atom is 0.259 e. The first-order valence-corrected chi connectivity index (χ1v) is 12.3. The fraction of sp³-hybridized carbons (Fsp3) is 0.286. The zero-order valence-electron chi connectivity index (χ0n) is 20.2. The third-order valence-electron chi connectivity index (χ3n) is 6.70. The van der Waals surface area contributed by atoms with Crippen molar-refractivity contribution in [3.63, 3.8) is 0 Å². The van der Waals surface area contributed by atoms with E-state index in [-0.39, 0.29) is 24.1 Å². The fourth-order valence-corrected chi connectivity index (χ4v) is 4.79. The number of aryl methyl sites for hydroxylation is 1. The van der Waals surface area contributed by atoms with Crippen LogP contribution < -0.4 is 15.5 Å². The van der Waals surface area contributed by atoms with Gasteiger partial charge in [0.25, 0.3) is 11.8 Å². The number of nitrogens with one attached hydrogen (secondary N) is 2. The molecule has 0 radical (unpaired) electrons. The summed E-state index contributed by atoms with van der Waals surface area (Å²) in [6.45, 7) is 4.94. The smallest absolute Gasteiger partial charge is 0.259 e. The summed E-state index contributed by atoms with van der Waals surface area (Å²) in [4.78, 5) is 47.7. The van der Waals surface area contributed by atoms with Crippen LogP contribution in [0.15, 0.2) is 67.0 Å². The Hall–Kier alpha value is -4.04. The average molecular weight is 484 g/mol. The molecule has 2 N–H and O–H groups in total. The lowest BCUT2D eigenvalue weighted by atomic mass is 9.99. The van der Waals surface area contributed by atoms with E-state index >= 15 is 0 Å². The van der Waals surface area contributed by atoms with Gasteiger partial charge in [-0.15, -0.1) is 0 Å². The van der Waals surface area contributed by atoms with Crippen LogP contribution in [0.25, 0.3) is 0 Å². The second-order valence-electron chi connectivity index (χ2n) is 9.22. The summed E-state index contributed by atoms with van der Waals surface area (Å²) >= 11 is 0. The number of pyridine rings is 1. The molecule has 3 heterocycles. The highest BCUT2D eigenvalue weighted by Crippen LogP contribution is 2.40. The first kappa shape index (κ1) is 23.7. The van der Waals surface area contributed by atoms with E-state index in [9.17, 15) is 14.4 Å². The first-order valence-electron chi connectivity index (χ1n) is 12.3. The van der Waals surface area contributed by atoms with Gasteiger partial charge in [-0.1, -0.05) is 29.8 Å². The van der Waals surface area contributed by atoms with Gasteiger partial charge in [0.1, 0.15) is 0 Å². The van der Waals surface area contributed by atoms with Gasteiger partial charge in [-0.25, -0.2) is 0 Å². The zero-order valence-corrected chi connectivity index (χ0v) is 20.2. The van der Waals surface area contributed by atoms with E-state index < -0.39 is 6.04 Å². The Morgan fingerprint density at radius 3 is 2.47 bits per heavy atom. The maximum absolute atomic E-state index is 13.9. The molecule has 3 amide bonds. The van der Waals surface area contributed by atoms with Crippen molar-refractivity contribution in [3.8, 4) is 0 Å². The Kier molecular flexibility index (Phi) is 6.77. The summed E-state index contributed by atoms with van der Waals surface area (Å²) in [6, 6.07) is 15.9.